The first-order valence-corrected chi connectivity index (χ1v) is 9.18. The fourth-order valence-electron chi connectivity index (χ4n) is 5.50. The lowest BCUT2D eigenvalue weighted by atomic mass is 9.84. The molecule has 0 aromatic heterocycles. The molecular formula is C20H28N2O. The second-order valence-corrected chi connectivity index (χ2v) is 8.07. The summed E-state index contributed by atoms with van der Waals surface area (Å²) >= 11 is 0. The van der Waals surface area contributed by atoms with Crippen LogP contribution >= 0.6 is 0 Å². The number of nitrogens with two attached hydrogens (primary N) is 1. The zero-order valence-corrected chi connectivity index (χ0v) is 14.2. The maximum Gasteiger partial charge on any atom is 0.227 e. The van der Waals surface area contributed by atoms with Crippen LogP contribution in [0.25, 0.3) is 0 Å². The summed E-state index contributed by atoms with van der Waals surface area (Å²) in [6.45, 7) is 5.25. The third-order valence-corrected chi connectivity index (χ3v) is 6.75. The van der Waals surface area contributed by atoms with Gasteiger partial charge >= 0.3 is 0 Å². The van der Waals surface area contributed by atoms with Crippen molar-refractivity contribution >= 4 is 5.91 Å². The average molecular weight is 312 g/mol. The number of fused-ring (bicyclic) bond motifs is 2. The smallest absolute Gasteiger partial charge is 0.227 e. The van der Waals surface area contributed by atoms with Crippen LogP contribution in [0, 0.1) is 24.7 Å². The Balaban J connectivity index is 1.52. The first kappa shape index (κ1) is 15.2. The van der Waals surface area contributed by atoms with Crippen LogP contribution in [0.1, 0.15) is 49.7 Å². The van der Waals surface area contributed by atoms with E-state index in [0.29, 0.717) is 29.7 Å². The SMILES string of the molecule is Cc1ccccc1C1CC(C)N(C(=O)C2C3CCC(C3)C2N)C1. The Morgan fingerprint density at radius 1 is 1.17 bits per heavy atom. The summed E-state index contributed by atoms with van der Waals surface area (Å²) < 4.78 is 0. The quantitative estimate of drug-likeness (QED) is 0.912. The molecule has 124 valence electrons. The van der Waals surface area contributed by atoms with Gasteiger partial charge in [-0.25, -0.2) is 0 Å². The lowest BCUT2D eigenvalue weighted by molar-refractivity contribution is -0.138. The molecule has 0 spiro atoms. The molecule has 1 aromatic carbocycles. The Morgan fingerprint density at radius 3 is 2.61 bits per heavy atom. The van der Waals surface area contributed by atoms with Crippen molar-refractivity contribution < 1.29 is 4.79 Å². The minimum Gasteiger partial charge on any atom is -0.339 e. The third kappa shape index (κ3) is 2.40. The lowest BCUT2D eigenvalue weighted by Gasteiger charge is -2.32. The van der Waals surface area contributed by atoms with Gasteiger partial charge in [0.2, 0.25) is 5.91 Å². The molecule has 1 amide bonds. The molecular weight excluding hydrogens is 284 g/mol. The molecule has 2 saturated carbocycles. The molecule has 6 atom stereocenters. The highest BCUT2D eigenvalue weighted by atomic mass is 16.2. The second-order valence-electron chi connectivity index (χ2n) is 8.07. The Bertz CT molecular complexity index is 611. The highest BCUT2D eigenvalue weighted by Crippen LogP contribution is 2.49. The van der Waals surface area contributed by atoms with Crippen molar-refractivity contribution in [3.63, 3.8) is 0 Å². The van der Waals surface area contributed by atoms with Crippen LogP contribution in [-0.4, -0.2) is 29.4 Å². The number of hydrogen-bond acceptors (Lipinski definition) is 2. The topological polar surface area (TPSA) is 46.3 Å². The van der Waals surface area contributed by atoms with E-state index in [9.17, 15) is 4.79 Å². The van der Waals surface area contributed by atoms with Crippen molar-refractivity contribution in [1.29, 1.82) is 0 Å². The van der Waals surface area contributed by atoms with Gasteiger partial charge in [-0.2, -0.15) is 0 Å². The molecule has 3 aliphatic rings. The zero-order chi connectivity index (χ0) is 16.1. The van der Waals surface area contributed by atoms with E-state index in [4.69, 9.17) is 5.73 Å². The van der Waals surface area contributed by atoms with Crippen LogP contribution in [0.15, 0.2) is 24.3 Å². The van der Waals surface area contributed by atoms with Gasteiger partial charge in [-0.1, -0.05) is 24.3 Å². The van der Waals surface area contributed by atoms with Crippen molar-refractivity contribution in [3.05, 3.63) is 35.4 Å². The average Bonchev–Trinajstić information content (AvgIpc) is 3.21. The standard InChI is InChI=1S/C20H28N2O/c1-12-5-3-4-6-17(12)16-9-13(2)22(11-16)20(23)18-14-7-8-15(10-14)19(18)21/h3-6,13-16,18-19H,7-11,21H2,1-2H3. The van der Waals surface area contributed by atoms with Crippen LogP contribution < -0.4 is 5.73 Å². The number of amides is 1. The number of likely N-dealkylation sites (tertiary alicyclic amines) is 1. The monoisotopic (exact) mass is 312 g/mol. The summed E-state index contributed by atoms with van der Waals surface area (Å²) in [6, 6.07) is 9.04. The molecule has 3 fully saturated rings. The summed E-state index contributed by atoms with van der Waals surface area (Å²) in [4.78, 5) is 15.3. The molecule has 2 N–H and O–H groups in total. The predicted octanol–water partition coefficient (Wildman–Crippen LogP) is 3.07. The molecule has 2 aliphatic carbocycles. The molecule has 6 unspecified atom stereocenters. The molecule has 1 saturated heterocycles. The third-order valence-electron chi connectivity index (χ3n) is 6.75. The molecule has 1 heterocycles. The van der Waals surface area contributed by atoms with Crippen molar-refractivity contribution in [2.24, 2.45) is 23.5 Å². The number of nitrogens with zero attached hydrogens (tertiary/aromatic N) is 1. The van der Waals surface area contributed by atoms with Gasteiger partial charge in [-0.15, -0.1) is 0 Å². The van der Waals surface area contributed by atoms with Gasteiger partial charge in [0.15, 0.2) is 0 Å². The largest absolute Gasteiger partial charge is 0.339 e. The molecule has 0 radical (unpaired) electrons. The van der Waals surface area contributed by atoms with E-state index in [1.165, 1.54) is 30.4 Å². The summed E-state index contributed by atoms with van der Waals surface area (Å²) in [5.41, 5.74) is 9.15. The van der Waals surface area contributed by atoms with Crippen LogP contribution in [-0.2, 0) is 4.79 Å². The van der Waals surface area contributed by atoms with Crippen molar-refractivity contribution in [2.75, 3.05) is 6.54 Å². The molecule has 23 heavy (non-hydrogen) atoms. The molecule has 1 aliphatic heterocycles. The van der Waals surface area contributed by atoms with E-state index < -0.39 is 0 Å². The summed E-state index contributed by atoms with van der Waals surface area (Å²) in [7, 11) is 0. The fourth-order valence-corrected chi connectivity index (χ4v) is 5.50. The molecule has 2 bridgehead atoms. The van der Waals surface area contributed by atoms with Crippen LogP contribution in [0.3, 0.4) is 0 Å². The van der Waals surface area contributed by atoms with Gasteiger partial charge in [-0.3, -0.25) is 4.79 Å². The molecule has 3 heteroatoms. The first-order valence-electron chi connectivity index (χ1n) is 9.18. The van der Waals surface area contributed by atoms with Crippen molar-refractivity contribution in [1.82, 2.24) is 4.90 Å². The predicted molar refractivity (Wildman–Crippen MR) is 92.0 cm³/mol. The van der Waals surface area contributed by atoms with Crippen molar-refractivity contribution in [3.8, 4) is 0 Å². The Hall–Kier alpha value is -1.35. The number of carbonyl (C=O) groups excluding carboxylic acids is 1. The van der Waals surface area contributed by atoms with E-state index in [1.807, 2.05) is 0 Å². The van der Waals surface area contributed by atoms with Gasteiger partial charge in [-0.05, 0) is 62.5 Å². The zero-order valence-electron chi connectivity index (χ0n) is 14.2. The highest BCUT2D eigenvalue weighted by Gasteiger charge is 2.51. The number of hydrogen-bond donors (Lipinski definition) is 1. The lowest BCUT2D eigenvalue weighted by Crippen LogP contribution is -2.48. The van der Waals surface area contributed by atoms with Crippen LogP contribution in [0.5, 0.6) is 0 Å². The van der Waals surface area contributed by atoms with Crippen LogP contribution in [0.2, 0.25) is 0 Å². The minimum atomic E-state index is 0.0896. The van der Waals surface area contributed by atoms with E-state index in [-0.39, 0.29) is 12.0 Å². The summed E-state index contributed by atoms with van der Waals surface area (Å²) in [6.07, 6.45) is 4.70. The number of carbonyl (C=O) groups is 1. The number of benzene rings is 1. The Kier molecular flexibility index (Phi) is 3.72. The van der Waals surface area contributed by atoms with Gasteiger partial charge in [0, 0.05) is 24.5 Å². The summed E-state index contributed by atoms with van der Waals surface area (Å²) in [5, 5.41) is 0. The van der Waals surface area contributed by atoms with E-state index in [2.05, 4.69) is 43.0 Å². The number of rotatable bonds is 2. The van der Waals surface area contributed by atoms with E-state index >= 15 is 0 Å². The van der Waals surface area contributed by atoms with Crippen LogP contribution in [0.4, 0.5) is 0 Å². The molecule has 3 nitrogen and oxygen atoms in total. The van der Waals surface area contributed by atoms with Gasteiger partial charge in [0.25, 0.3) is 0 Å². The fraction of sp³-hybridized carbons (Fsp3) is 0.650. The normalized spacial score (nSPS) is 39.2. The second kappa shape index (κ2) is 5.62. The van der Waals surface area contributed by atoms with E-state index in [1.54, 1.807) is 0 Å². The van der Waals surface area contributed by atoms with Gasteiger partial charge in [0.1, 0.15) is 0 Å². The van der Waals surface area contributed by atoms with Gasteiger partial charge < -0.3 is 10.6 Å². The summed E-state index contributed by atoms with van der Waals surface area (Å²) in [5.74, 6) is 2.05. The van der Waals surface area contributed by atoms with E-state index in [0.717, 1.165) is 13.0 Å². The number of aryl methyl sites for hydroxylation is 1. The van der Waals surface area contributed by atoms with Gasteiger partial charge in [0.05, 0.1) is 5.92 Å². The minimum absolute atomic E-state index is 0.0896. The Labute approximate surface area is 139 Å². The first-order chi connectivity index (χ1) is 11.1. The maximum atomic E-state index is 13.2. The molecule has 4 rings (SSSR count). The van der Waals surface area contributed by atoms with Crippen molar-refractivity contribution in [2.45, 2.75) is 57.5 Å². The Morgan fingerprint density at radius 2 is 1.91 bits per heavy atom. The molecule has 1 aromatic rings. The maximum absolute atomic E-state index is 13.2. The highest BCUT2D eigenvalue weighted by molar-refractivity contribution is 5.81.